The van der Waals surface area contributed by atoms with Gasteiger partial charge in [-0.05, 0) is 25.7 Å². The van der Waals surface area contributed by atoms with Crippen LogP contribution >= 0.6 is 0 Å². The maximum absolute atomic E-state index is 11.7. The van der Waals surface area contributed by atoms with Gasteiger partial charge >= 0.3 is 0 Å². The predicted molar refractivity (Wildman–Crippen MR) is 58.1 cm³/mol. The van der Waals surface area contributed by atoms with Crippen LogP contribution in [0.1, 0.15) is 25.7 Å². The van der Waals surface area contributed by atoms with Gasteiger partial charge in [-0.3, -0.25) is 0 Å². The second-order valence-electron chi connectivity index (χ2n) is 4.55. The fourth-order valence-electron chi connectivity index (χ4n) is 1.79. The van der Waals surface area contributed by atoms with Gasteiger partial charge in [-0.1, -0.05) is 0 Å². The highest BCUT2D eigenvalue weighted by Gasteiger charge is 2.37. The molecule has 0 amide bonds. The van der Waals surface area contributed by atoms with Crippen molar-refractivity contribution < 1.29 is 18.3 Å². The molecule has 1 saturated heterocycles. The Morgan fingerprint density at radius 2 is 1.94 bits per heavy atom. The molecular weight excluding hydrogens is 232 g/mol. The smallest absolute Gasteiger partial charge is 0.277 e. The van der Waals surface area contributed by atoms with Crippen LogP contribution in [0.25, 0.3) is 0 Å². The first kappa shape index (κ1) is 12.3. The molecule has 94 valence electrons. The van der Waals surface area contributed by atoms with Crippen molar-refractivity contribution in [2.75, 3.05) is 19.8 Å². The molecule has 1 aliphatic carbocycles. The largest absolute Gasteiger partial charge is 0.394 e. The van der Waals surface area contributed by atoms with Crippen molar-refractivity contribution in [3.63, 3.8) is 0 Å². The van der Waals surface area contributed by atoms with Gasteiger partial charge in [0.15, 0.2) is 0 Å². The summed E-state index contributed by atoms with van der Waals surface area (Å²) in [5, 5.41) is 9.34. The summed E-state index contributed by atoms with van der Waals surface area (Å²) in [7, 11) is -3.50. The lowest BCUT2D eigenvalue weighted by Gasteiger charge is -2.35. The molecule has 0 aromatic carbocycles. The summed E-state index contributed by atoms with van der Waals surface area (Å²) in [6, 6.07) is 0.0769. The topological polar surface area (TPSA) is 87.7 Å². The first-order chi connectivity index (χ1) is 7.55. The van der Waals surface area contributed by atoms with E-state index < -0.39 is 15.7 Å². The van der Waals surface area contributed by atoms with E-state index in [4.69, 9.17) is 4.74 Å². The normalized spacial score (nSPS) is 25.6. The average Bonchev–Trinajstić information content (AvgIpc) is 3.01. The third kappa shape index (κ3) is 3.14. The lowest BCUT2D eigenvalue weighted by molar-refractivity contribution is 0.0221. The van der Waals surface area contributed by atoms with Gasteiger partial charge in [-0.25, -0.2) is 0 Å². The third-order valence-electron chi connectivity index (χ3n) is 3.00. The second-order valence-corrected chi connectivity index (χ2v) is 6.00. The first-order valence-corrected chi connectivity index (χ1v) is 7.03. The molecule has 2 aliphatic rings. The van der Waals surface area contributed by atoms with Crippen LogP contribution in [0, 0.1) is 0 Å². The molecule has 3 N–H and O–H groups in total. The van der Waals surface area contributed by atoms with Crippen LogP contribution in [-0.4, -0.2) is 44.9 Å². The predicted octanol–water partition coefficient (Wildman–Crippen LogP) is -0.886. The molecule has 1 aliphatic heterocycles. The van der Waals surface area contributed by atoms with Crippen molar-refractivity contribution in [2.24, 2.45) is 0 Å². The number of ether oxygens (including phenoxy) is 1. The van der Waals surface area contributed by atoms with E-state index in [9.17, 15) is 13.5 Å². The van der Waals surface area contributed by atoms with Crippen molar-refractivity contribution in [2.45, 2.75) is 37.3 Å². The molecule has 0 spiro atoms. The van der Waals surface area contributed by atoms with Gasteiger partial charge < -0.3 is 9.84 Å². The van der Waals surface area contributed by atoms with Gasteiger partial charge in [0.1, 0.15) is 0 Å². The van der Waals surface area contributed by atoms with E-state index in [0.717, 1.165) is 12.8 Å². The van der Waals surface area contributed by atoms with Crippen LogP contribution in [0.15, 0.2) is 0 Å². The SMILES string of the molecule is O=S(=O)(NC1CC1)NC1(CO)CCOCC1. The highest BCUT2D eigenvalue weighted by atomic mass is 32.2. The molecule has 0 aromatic heterocycles. The minimum absolute atomic E-state index is 0.0769. The van der Waals surface area contributed by atoms with Crippen LogP contribution in [0.5, 0.6) is 0 Å². The third-order valence-corrected chi connectivity index (χ3v) is 4.35. The van der Waals surface area contributed by atoms with Crippen LogP contribution < -0.4 is 9.44 Å². The van der Waals surface area contributed by atoms with E-state index in [-0.39, 0.29) is 12.6 Å². The average molecular weight is 250 g/mol. The molecule has 0 atom stereocenters. The zero-order chi connectivity index (χ0) is 11.6. The Balaban J connectivity index is 1.98. The fraction of sp³-hybridized carbons (Fsp3) is 1.00. The van der Waals surface area contributed by atoms with E-state index in [2.05, 4.69) is 9.44 Å². The first-order valence-electron chi connectivity index (χ1n) is 5.55. The molecule has 0 aromatic rings. The van der Waals surface area contributed by atoms with Gasteiger partial charge in [0.2, 0.25) is 0 Å². The monoisotopic (exact) mass is 250 g/mol. The van der Waals surface area contributed by atoms with E-state index in [1.54, 1.807) is 0 Å². The lowest BCUT2D eigenvalue weighted by atomic mass is 9.93. The van der Waals surface area contributed by atoms with Gasteiger partial charge in [0.05, 0.1) is 12.1 Å². The number of aliphatic hydroxyl groups is 1. The minimum atomic E-state index is -3.50. The molecule has 16 heavy (non-hydrogen) atoms. The van der Waals surface area contributed by atoms with Crippen molar-refractivity contribution >= 4 is 10.2 Å². The molecule has 7 heteroatoms. The Morgan fingerprint density at radius 1 is 1.31 bits per heavy atom. The molecular formula is C9H18N2O4S. The Hall–Kier alpha value is -0.210. The van der Waals surface area contributed by atoms with E-state index in [0.29, 0.717) is 26.1 Å². The number of hydrogen-bond acceptors (Lipinski definition) is 4. The number of rotatable bonds is 5. The maximum atomic E-state index is 11.7. The van der Waals surface area contributed by atoms with Crippen molar-refractivity contribution in [1.82, 2.24) is 9.44 Å². The van der Waals surface area contributed by atoms with E-state index in [1.807, 2.05) is 0 Å². The molecule has 6 nitrogen and oxygen atoms in total. The van der Waals surface area contributed by atoms with E-state index >= 15 is 0 Å². The summed E-state index contributed by atoms with van der Waals surface area (Å²) in [6.07, 6.45) is 2.82. The zero-order valence-electron chi connectivity index (χ0n) is 9.11. The van der Waals surface area contributed by atoms with Crippen LogP contribution in [0.4, 0.5) is 0 Å². The zero-order valence-corrected chi connectivity index (χ0v) is 9.92. The summed E-state index contributed by atoms with van der Waals surface area (Å²) in [6.45, 7) is 0.765. The highest BCUT2D eigenvalue weighted by molar-refractivity contribution is 7.87. The van der Waals surface area contributed by atoms with Gasteiger partial charge in [-0.15, -0.1) is 0 Å². The summed E-state index contributed by atoms with van der Waals surface area (Å²) in [5.74, 6) is 0. The highest BCUT2D eigenvalue weighted by Crippen LogP contribution is 2.23. The summed E-state index contributed by atoms with van der Waals surface area (Å²) in [5.41, 5.74) is -0.751. The number of nitrogens with one attached hydrogen (secondary N) is 2. The van der Waals surface area contributed by atoms with E-state index in [1.165, 1.54) is 0 Å². The minimum Gasteiger partial charge on any atom is -0.394 e. The summed E-state index contributed by atoms with van der Waals surface area (Å²) in [4.78, 5) is 0. The quantitative estimate of drug-likeness (QED) is 0.591. The fourth-order valence-corrected chi connectivity index (χ4v) is 3.36. The van der Waals surface area contributed by atoms with Crippen LogP contribution in [0.3, 0.4) is 0 Å². The number of aliphatic hydroxyl groups excluding tert-OH is 1. The number of hydrogen-bond donors (Lipinski definition) is 3. The molecule has 0 unspecified atom stereocenters. The molecule has 2 fully saturated rings. The lowest BCUT2D eigenvalue weighted by Crippen LogP contribution is -2.57. The van der Waals surface area contributed by atoms with Crippen molar-refractivity contribution in [3.05, 3.63) is 0 Å². The molecule has 0 bridgehead atoms. The Morgan fingerprint density at radius 3 is 2.44 bits per heavy atom. The van der Waals surface area contributed by atoms with Gasteiger partial charge in [0, 0.05) is 19.3 Å². The summed E-state index contributed by atoms with van der Waals surface area (Å²) < 4.78 is 33.8. The van der Waals surface area contributed by atoms with Gasteiger partial charge in [-0.2, -0.15) is 17.9 Å². The van der Waals surface area contributed by atoms with Gasteiger partial charge in [0.25, 0.3) is 10.2 Å². The molecule has 2 rings (SSSR count). The standard InChI is InChI=1S/C9H18N2O4S/c12-7-9(3-5-15-6-4-9)11-16(13,14)10-8-1-2-8/h8,10-12H,1-7H2. The Bertz CT molecular complexity index is 333. The molecule has 1 heterocycles. The second kappa shape index (κ2) is 4.58. The Kier molecular flexibility index (Phi) is 3.50. The van der Waals surface area contributed by atoms with Crippen molar-refractivity contribution in [3.8, 4) is 0 Å². The summed E-state index contributed by atoms with van der Waals surface area (Å²) >= 11 is 0. The van der Waals surface area contributed by atoms with Crippen molar-refractivity contribution in [1.29, 1.82) is 0 Å². The Labute approximate surface area is 95.6 Å². The maximum Gasteiger partial charge on any atom is 0.277 e. The molecule has 1 saturated carbocycles. The van der Waals surface area contributed by atoms with Crippen LogP contribution in [0.2, 0.25) is 0 Å². The molecule has 0 radical (unpaired) electrons. The van der Waals surface area contributed by atoms with Crippen LogP contribution in [-0.2, 0) is 14.9 Å².